The largest absolute Gasteiger partial charge is 0.492 e. The van der Waals surface area contributed by atoms with Gasteiger partial charge in [0.2, 0.25) is 0 Å². The smallest absolute Gasteiger partial charge is 0.178 e. The number of ether oxygens (including phenoxy) is 1. The minimum Gasteiger partial charge on any atom is -0.492 e. The molecule has 0 saturated carbocycles. The number of nitrogens with one attached hydrogen (secondary N) is 1. The van der Waals surface area contributed by atoms with Gasteiger partial charge in [-0.25, -0.2) is 0 Å². The number of aromatic nitrogens is 2. The zero-order valence-corrected chi connectivity index (χ0v) is 13.8. The topological polar surface area (TPSA) is 29.9 Å². The van der Waals surface area contributed by atoms with E-state index in [-0.39, 0.29) is 5.41 Å². The summed E-state index contributed by atoms with van der Waals surface area (Å²) >= 11 is 5.49. The van der Waals surface area contributed by atoms with Gasteiger partial charge in [0.1, 0.15) is 11.3 Å². The molecule has 1 unspecified atom stereocenters. The summed E-state index contributed by atoms with van der Waals surface area (Å²) in [4.78, 5) is 3.29. The van der Waals surface area contributed by atoms with Gasteiger partial charge in [-0.3, -0.25) is 0 Å². The van der Waals surface area contributed by atoms with Crippen molar-refractivity contribution in [2.45, 2.75) is 41.2 Å². The first-order valence-corrected chi connectivity index (χ1v) is 7.59. The molecule has 0 radical (unpaired) electrons. The van der Waals surface area contributed by atoms with Crippen molar-refractivity contribution in [2.24, 2.45) is 11.3 Å². The van der Waals surface area contributed by atoms with Crippen LogP contribution in [0.25, 0.3) is 11.0 Å². The third-order valence-corrected chi connectivity index (χ3v) is 4.33. The molecule has 110 valence electrons. The van der Waals surface area contributed by atoms with Crippen LogP contribution in [0.5, 0.6) is 5.75 Å². The fraction of sp³-hybridized carbons (Fsp3) is 0.562. The average molecular weight is 292 g/mol. The van der Waals surface area contributed by atoms with Crippen molar-refractivity contribution in [3.8, 4) is 5.75 Å². The maximum atomic E-state index is 5.67. The van der Waals surface area contributed by atoms with E-state index in [1.807, 2.05) is 19.1 Å². The van der Waals surface area contributed by atoms with Gasteiger partial charge in [-0.2, -0.15) is 0 Å². The van der Waals surface area contributed by atoms with Crippen LogP contribution >= 0.6 is 12.2 Å². The fourth-order valence-corrected chi connectivity index (χ4v) is 2.43. The Morgan fingerprint density at radius 2 is 2.05 bits per heavy atom. The summed E-state index contributed by atoms with van der Waals surface area (Å²) in [5.41, 5.74) is 2.38. The zero-order chi connectivity index (χ0) is 14.9. The van der Waals surface area contributed by atoms with Gasteiger partial charge in [0.05, 0.1) is 12.1 Å². The lowest BCUT2D eigenvalue weighted by Gasteiger charge is -2.27. The van der Waals surface area contributed by atoms with Crippen LogP contribution in [0.15, 0.2) is 18.2 Å². The highest BCUT2D eigenvalue weighted by molar-refractivity contribution is 7.71. The van der Waals surface area contributed by atoms with Gasteiger partial charge in [-0.05, 0) is 42.6 Å². The molecule has 0 bridgehead atoms. The third kappa shape index (κ3) is 2.90. The van der Waals surface area contributed by atoms with E-state index in [2.05, 4.69) is 43.3 Å². The lowest BCUT2D eigenvalue weighted by molar-refractivity contribution is 0.234. The Labute approximate surface area is 126 Å². The Morgan fingerprint density at radius 3 is 2.65 bits per heavy atom. The van der Waals surface area contributed by atoms with Crippen molar-refractivity contribution in [1.29, 1.82) is 0 Å². The second-order valence-electron chi connectivity index (χ2n) is 6.39. The van der Waals surface area contributed by atoms with E-state index in [1.54, 1.807) is 0 Å². The van der Waals surface area contributed by atoms with E-state index in [0.717, 1.165) is 28.1 Å². The Kier molecular flexibility index (Phi) is 4.23. The van der Waals surface area contributed by atoms with Gasteiger partial charge in [0.25, 0.3) is 0 Å². The van der Waals surface area contributed by atoms with E-state index in [9.17, 15) is 0 Å². The molecule has 1 aromatic carbocycles. The fourth-order valence-electron chi connectivity index (χ4n) is 2.16. The van der Waals surface area contributed by atoms with Crippen molar-refractivity contribution in [3.63, 3.8) is 0 Å². The molecule has 0 saturated heterocycles. The van der Waals surface area contributed by atoms with Gasteiger partial charge < -0.3 is 14.3 Å². The molecular weight excluding hydrogens is 268 g/mol. The summed E-state index contributed by atoms with van der Waals surface area (Å²) in [7, 11) is 0. The molecule has 3 nitrogen and oxygen atoms in total. The van der Waals surface area contributed by atoms with Crippen molar-refractivity contribution in [1.82, 2.24) is 9.55 Å². The van der Waals surface area contributed by atoms with E-state index in [0.29, 0.717) is 12.5 Å². The monoisotopic (exact) mass is 292 g/mol. The van der Waals surface area contributed by atoms with Crippen molar-refractivity contribution in [3.05, 3.63) is 23.0 Å². The molecule has 0 amide bonds. The second-order valence-corrected chi connectivity index (χ2v) is 6.78. The van der Waals surface area contributed by atoms with Crippen LogP contribution in [0.1, 0.15) is 34.6 Å². The molecule has 1 heterocycles. The molecule has 20 heavy (non-hydrogen) atoms. The van der Waals surface area contributed by atoms with Crippen LogP contribution in [0.4, 0.5) is 0 Å². The molecule has 0 aliphatic carbocycles. The number of para-hydroxylation sites is 1. The van der Waals surface area contributed by atoms with E-state index in [1.165, 1.54) is 0 Å². The number of rotatable bonds is 4. The van der Waals surface area contributed by atoms with Crippen LogP contribution in [0, 0.1) is 16.1 Å². The lowest BCUT2D eigenvalue weighted by Crippen LogP contribution is -2.22. The Hall–Kier alpha value is -1.29. The highest BCUT2D eigenvalue weighted by atomic mass is 32.1. The first kappa shape index (κ1) is 15.1. The Balaban J connectivity index is 2.47. The average Bonchev–Trinajstić information content (AvgIpc) is 2.67. The van der Waals surface area contributed by atoms with Gasteiger partial charge in [-0.1, -0.05) is 33.8 Å². The second kappa shape index (κ2) is 5.60. The van der Waals surface area contributed by atoms with Gasteiger partial charge in [0, 0.05) is 6.54 Å². The van der Waals surface area contributed by atoms with Crippen molar-refractivity contribution in [2.75, 3.05) is 6.61 Å². The van der Waals surface area contributed by atoms with Crippen LogP contribution < -0.4 is 4.74 Å². The number of benzene rings is 1. The quantitative estimate of drug-likeness (QED) is 0.822. The Bertz CT molecular complexity index is 649. The summed E-state index contributed by atoms with van der Waals surface area (Å²) in [5.74, 6) is 1.40. The predicted molar refractivity (Wildman–Crippen MR) is 86.9 cm³/mol. The number of H-pyrrole nitrogens is 1. The van der Waals surface area contributed by atoms with Crippen LogP contribution in [-0.4, -0.2) is 16.2 Å². The molecule has 0 aliphatic heterocycles. The molecule has 1 N–H and O–H groups in total. The van der Waals surface area contributed by atoms with E-state index >= 15 is 0 Å². The van der Waals surface area contributed by atoms with Crippen LogP contribution in [0.2, 0.25) is 0 Å². The molecule has 2 aromatic rings. The zero-order valence-electron chi connectivity index (χ0n) is 13.0. The van der Waals surface area contributed by atoms with E-state index < -0.39 is 0 Å². The predicted octanol–water partition coefficient (Wildman–Crippen LogP) is 4.78. The normalized spacial score (nSPS) is 13.7. The summed E-state index contributed by atoms with van der Waals surface area (Å²) < 4.78 is 8.62. The molecular formula is C16H24N2OS. The lowest BCUT2D eigenvalue weighted by atomic mass is 9.82. The maximum Gasteiger partial charge on any atom is 0.178 e. The van der Waals surface area contributed by atoms with Gasteiger partial charge >= 0.3 is 0 Å². The van der Waals surface area contributed by atoms with Crippen molar-refractivity contribution >= 4 is 23.3 Å². The van der Waals surface area contributed by atoms with Gasteiger partial charge in [0.15, 0.2) is 4.77 Å². The molecule has 4 heteroatoms. The molecule has 1 atom stereocenters. The van der Waals surface area contributed by atoms with Crippen LogP contribution in [0.3, 0.4) is 0 Å². The summed E-state index contributed by atoms with van der Waals surface area (Å²) in [6, 6.07) is 6.10. The SMILES string of the molecule is CCOc1cccc2c1[nH]c(=S)n2CC(C)C(C)(C)C. The summed E-state index contributed by atoms with van der Waals surface area (Å²) in [5, 5.41) is 0. The minimum absolute atomic E-state index is 0.260. The number of aromatic amines is 1. The van der Waals surface area contributed by atoms with E-state index in [4.69, 9.17) is 17.0 Å². The minimum atomic E-state index is 0.260. The number of imidazole rings is 1. The molecule has 0 fully saturated rings. The first-order chi connectivity index (χ1) is 9.34. The maximum absolute atomic E-state index is 5.67. The molecule has 0 spiro atoms. The number of hydrogen-bond acceptors (Lipinski definition) is 2. The molecule has 1 aromatic heterocycles. The highest BCUT2D eigenvalue weighted by Crippen LogP contribution is 2.30. The summed E-state index contributed by atoms with van der Waals surface area (Å²) in [6.07, 6.45) is 0. The van der Waals surface area contributed by atoms with Gasteiger partial charge in [-0.15, -0.1) is 0 Å². The van der Waals surface area contributed by atoms with Crippen LogP contribution in [-0.2, 0) is 6.54 Å². The Morgan fingerprint density at radius 1 is 1.35 bits per heavy atom. The highest BCUT2D eigenvalue weighted by Gasteiger charge is 2.21. The standard InChI is InChI=1S/C16H24N2OS/c1-6-19-13-9-7-8-12-14(13)17-15(20)18(12)10-11(2)16(3,4)5/h7-9,11H,6,10H2,1-5H3,(H,17,20). The summed E-state index contributed by atoms with van der Waals surface area (Å²) in [6.45, 7) is 12.6. The molecule has 0 aliphatic rings. The number of nitrogens with zero attached hydrogens (tertiary/aromatic N) is 1. The third-order valence-electron chi connectivity index (χ3n) is 4.01. The number of hydrogen-bond donors (Lipinski definition) is 1. The first-order valence-electron chi connectivity index (χ1n) is 7.19. The van der Waals surface area contributed by atoms with Crippen molar-refractivity contribution < 1.29 is 4.74 Å². The molecule has 2 rings (SSSR count). The number of fused-ring (bicyclic) bond motifs is 1.